The van der Waals surface area contributed by atoms with E-state index in [0.29, 0.717) is 0 Å². The second kappa shape index (κ2) is 1.09. The third kappa shape index (κ3) is 0.300. The topological polar surface area (TPSA) is 0 Å². The summed E-state index contributed by atoms with van der Waals surface area (Å²) in [7, 11) is 0. The van der Waals surface area contributed by atoms with Crippen LogP contribution in [0.3, 0.4) is 0 Å². The van der Waals surface area contributed by atoms with Gasteiger partial charge in [-0.05, 0) is 42.4 Å². The van der Waals surface area contributed by atoms with Crippen molar-refractivity contribution in [3.8, 4) is 0 Å². The van der Waals surface area contributed by atoms with Crippen molar-refractivity contribution in [1.29, 1.82) is 0 Å². The molecule has 0 aromatic carbocycles. The first kappa shape index (κ1) is 4.76. The zero-order valence-electron chi connectivity index (χ0n) is 6.06. The van der Waals surface area contributed by atoms with Crippen molar-refractivity contribution in [3.63, 3.8) is 0 Å². The molecular formula is C9H14. The summed E-state index contributed by atoms with van der Waals surface area (Å²) in [6.45, 7) is 2.33. The molecule has 2 bridgehead atoms. The molecule has 9 heavy (non-hydrogen) atoms. The predicted molar refractivity (Wildman–Crippen MR) is 37.0 cm³/mol. The van der Waals surface area contributed by atoms with Crippen molar-refractivity contribution in [2.45, 2.75) is 32.6 Å². The van der Waals surface area contributed by atoms with Crippen LogP contribution in [0.5, 0.6) is 0 Å². The number of hydrogen-bond acceptors (Lipinski definition) is 0. The van der Waals surface area contributed by atoms with Crippen LogP contribution < -0.4 is 0 Å². The minimum Gasteiger partial charge on any atom is -0.0654 e. The van der Waals surface area contributed by atoms with Crippen molar-refractivity contribution < 1.29 is 0 Å². The monoisotopic (exact) mass is 122 g/mol. The Bertz CT molecular complexity index is 157. The summed E-state index contributed by atoms with van der Waals surface area (Å²) < 4.78 is 0. The van der Waals surface area contributed by atoms with Gasteiger partial charge in [0.05, 0.1) is 0 Å². The highest BCUT2D eigenvalue weighted by atomic mass is 14.9. The van der Waals surface area contributed by atoms with E-state index in [1.165, 1.54) is 24.2 Å². The highest BCUT2D eigenvalue weighted by Crippen LogP contribution is 2.89. The van der Waals surface area contributed by atoms with Crippen LogP contribution in [-0.4, -0.2) is 0 Å². The second-order valence-electron chi connectivity index (χ2n) is 4.31. The molecule has 0 aromatic heterocycles. The first-order chi connectivity index (χ1) is 4.38. The van der Waals surface area contributed by atoms with Crippen molar-refractivity contribution in [2.24, 2.45) is 23.2 Å². The number of rotatable bonds is 2. The molecule has 0 saturated heterocycles. The average Bonchev–Trinajstić information content (AvgIpc) is 2.29. The quantitative estimate of drug-likeness (QED) is 0.527. The Morgan fingerprint density at radius 1 is 1.44 bits per heavy atom. The Balaban J connectivity index is 1.74. The van der Waals surface area contributed by atoms with Gasteiger partial charge in [-0.1, -0.05) is 13.3 Å². The van der Waals surface area contributed by atoms with E-state index in [2.05, 4.69) is 6.92 Å². The first-order valence-electron chi connectivity index (χ1n) is 4.38. The van der Waals surface area contributed by atoms with E-state index < -0.39 is 0 Å². The van der Waals surface area contributed by atoms with E-state index in [1.54, 1.807) is 19.3 Å². The fraction of sp³-hybridized carbons (Fsp3) is 1.00. The fourth-order valence-electron chi connectivity index (χ4n) is 3.54. The maximum Gasteiger partial charge on any atom is -0.0229 e. The minimum absolute atomic E-state index is 1.00. The largest absolute Gasteiger partial charge is 0.0654 e. The molecule has 4 atom stereocenters. The van der Waals surface area contributed by atoms with Gasteiger partial charge in [-0.25, -0.2) is 0 Å². The summed E-state index contributed by atoms with van der Waals surface area (Å²) in [5.41, 5.74) is 1.00. The molecule has 0 N–H and O–H groups in total. The first-order valence-corrected chi connectivity index (χ1v) is 4.38. The summed E-state index contributed by atoms with van der Waals surface area (Å²) in [6.07, 6.45) is 6.22. The summed E-state index contributed by atoms with van der Waals surface area (Å²) in [4.78, 5) is 0. The lowest BCUT2D eigenvalue weighted by Gasteiger charge is -2.58. The summed E-state index contributed by atoms with van der Waals surface area (Å²) in [5.74, 6) is 3.70. The third-order valence-corrected chi connectivity index (χ3v) is 4.17. The smallest absolute Gasteiger partial charge is 0.0229 e. The van der Waals surface area contributed by atoms with E-state index in [-0.39, 0.29) is 0 Å². The Hall–Kier alpha value is 0. The van der Waals surface area contributed by atoms with Gasteiger partial charge in [0.25, 0.3) is 0 Å². The van der Waals surface area contributed by atoms with Crippen LogP contribution in [0.25, 0.3) is 0 Å². The van der Waals surface area contributed by atoms with Gasteiger partial charge >= 0.3 is 0 Å². The minimum atomic E-state index is 1.00. The van der Waals surface area contributed by atoms with Gasteiger partial charge in [-0.2, -0.15) is 0 Å². The molecule has 4 unspecified atom stereocenters. The van der Waals surface area contributed by atoms with Crippen LogP contribution in [-0.2, 0) is 0 Å². The normalized spacial score (nSPS) is 65.7. The van der Waals surface area contributed by atoms with Gasteiger partial charge in [0.15, 0.2) is 0 Å². The van der Waals surface area contributed by atoms with Crippen LogP contribution >= 0.6 is 0 Å². The third-order valence-electron chi connectivity index (χ3n) is 4.17. The van der Waals surface area contributed by atoms with E-state index in [9.17, 15) is 0 Å². The SMILES string of the molecule is CCCC1C2CC13CC23. The zero-order valence-corrected chi connectivity index (χ0v) is 6.06. The molecule has 0 radical (unpaired) electrons. The van der Waals surface area contributed by atoms with Gasteiger partial charge in [-0.15, -0.1) is 0 Å². The molecule has 0 amide bonds. The van der Waals surface area contributed by atoms with E-state index in [4.69, 9.17) is 0 Å². The van der Waals surface area contributed by atoms with Gasteiger partial charge in [-0.3, -0.25) is 0 Å². The molecule has 0 heteroatoms. The molecule has 4 aliphatic rings. The Kier molecular flexibility index (Phi) is 0.574. The standard InChI is InChI=1S/C9H14/c1-2-3-7-6-4-9(7)5-8(6)9/h6-8H,2-5H2,1H3. The predicted octanol–water partition coefficient (Wildman–Crippen LogP) is 2.44. The maximum atomic E-state index is 2.33. The van der Waals surface area contributed by atoms with E-state index in [0.717, 1.165) is 5.41 Å². The highest BCUT2D eigenvalue weighted by molar-refractivity contribution is 5.30. The average molecular weight is 122 g/mol. The summed E-state index contributed by atoms with van der Waals surface area (Å²) >= 11 is 0. The van der Waals surface area contributed by atoms with Crippen LogP contribution in [0.1, 0.15) is 32.6 Å². The van der Waals surface area contributed by atoms with Crippen molar-refractivity contribution >= 4 is 0 Å². The van der Waals surface area contributed by atoms with Crippen LogP contribution in [0.15, 0.2) is 0 Å². The molecule has 50 valence electrons. The van der Waals surface area contributed by atoms with Crippen LogP contribution in [0, 0.1) is 23.2 Å². The number of hydrogen-bond donors (Lipinski definition) is 0. The lowest BCUT2D eigenvalue weighted by Crippen LogP contribution is -2.52. The van der Waals surface area contributed by atoms with Gasteiger partial charge < -0.3 is 0 Å². The van der Waals surface area contributed by atoms with Crippen molar-refractivity contribution in [2.75, 3.05) is 0 Å². The molecule has 4 saturated carbocycles. The van der Waals surface area contributed by atoms with Gasteiger partial charge in [0.1, 0.15) is 0 Å². The van der Waals surface area contributed by atoms with Crippen LogP contribution in [0.2, 0.25) is 0 Å². The molecule has 0 aromatic rings. The van der Waals surface area contributed by atoms with Gasteiger partial charge in [0.2, 0.25) is 0 Å². The summed E-state index contributed by atoms with van der Waals surface area (Å²) in [5, 5.41) is 0. The molecule has 4 rings (SSSR count). The lowest BCUT2D eigenvalue weighted by molar-refractivity contribution is -0.0998. The fourth-order valence-corrected chi connectivity index (χ4v) is 3.54. The molecule has 4 fully saturated rings. The second-order valence-corrected chi connectivity index (χ2v) is 4.31. The van der Waals surface area contributed by atoms with Gasteiger partial charge in [0, 0.05) is 0 Å². The molecule has 0 aliphatic heterocycles. The molecule has 0 heterocycles. The molecule has 1 spiro atoms. The Morgan fingerprint density at radius 3 is 2.67 bits per heavy atom. The maximum absolute atomic E-state index is 2.33. The molecular weight excluding hydrogens is 108 g/mol. The molecule has 4 aliphatic carbocycles. The zero-order chi connectivity index (χ0) is 6.06. The van der Waals surface area contributed by atoms with E-state index >= 15 is 0 Å². The summed E-state index contributed by atoms with van der Waals surface area (Å²) in [6, 6.07) is 0. The Labute approximate surface area is 56.6 Å². The molecule has 0 nitrogen and oxygen atoms in total. The lowest BCUT2D eigenvalue weighted by atomic mass is 9.46. The highest BCUT2D eigenvalue weighted by Gasteiger charge is 2.82. The Morgan fingerprint density at radius 2 is 2.33 bits per heavy atom. The van der Waals surface area contributed by atoms with E-state index in [1.807, 2.05) is 0 Å². The van der Waals surface area contributed by atoms with Crippen LogP contribution in [0.4, 0.5) is 0 Å². The van der Waals surface area contributed by atoms with Crippen molar-refractivity contribution in [1.82, 2.24) is 0 Å². The van der Waals surface area contributed by atoms with Crippen molar-refractivity contribution in [3.05, 3.63) is 0 Å².